The average molecular weight is 425 g/mol. The van der Waals surface area contributed by atoms with Crippen LogP contribution in [0.2, 0.25) is 0 Å². The van der Waals surface area contributed by atoms with Crippen molar-refractivity contribution in [3.8, 4) is 5.69 Å². The maximum Gasteiger partial charge on any atom is 0.256 e. The first kappa shape index (κ1) is 21.4. The van der Waals surface area contributed by atoms with Gasteiger partial charge < -0.3 is 25.6 Å². The normalized spacial score (nSPS) is 21.3. The van der Waals surface area contributed by atoms with Crippen LogP contribution >= 0.6 is 0 Å². The number of aromatic nitrogens is 1. The first-order chi connectivity index (χ1) is 14.8. The van der Waals surface area contributed by atoms with Gasteiger partial charge >= 0.3 is 0 Å². The van der Waals surface area contributed by atoms with Gasteiger partial charge in [0.1, 0.15) is 0 Å². The summed E-state index contributed by atoms with van der Waals surface area (Å²) in [7, 11) is 0. The highest BCUT2D eigenvalue weighted by molar-refractivity contribution is 6.00. The molecule has 2 aromatic rings. The standard InChI is InChI=1S/C24H32N4O3/c1-14(2)27-11-10-21-22(24(27)31)15(3)13-28(21)17-6-9-19(23(25)30)20(12-17)26-16-4-7-18(29)8-5-16/h6,9,12-14,16,18,26,29H,4-5,7-8,10-11H2,1-3H3,(H2,25,30). The minimum Gasteiger partial charge on any atom is -0.393 e. The van der Waals surface area contributed by atoms with Crippen LogP contribution in [-0.2, 0) is 6.42 Å². The summed E-state index contributed by atoms with van der Waals surface area (Å²) in [6.45, 7) is 6.75. The molecular weight excluding hydrogens is 392 g/mol. The molecule has 4 N–H and O–H groups in total. The van der Waals surface area contributed by atoms with Crippen molar-refractivity contribution in [1.82, 2.24) is 9.47 Å². The number of rotatable bonds is 5. The minimum absolute atomic E-state index is 0.0837. The number of fused-ring (bicyclic) bond motifs is 1. The Labute approximate surface area is 183 Å². The van der Waals surface area contributed by atoms with Crippen LogP contribution in [0.1, 0.15) is 71.5 Å². The molecule has 7 nitrogen and oxygen atoms in total. The molecule has 1 aliphatic carbocycles. The number of carbonyl (C=O) groups is 2. The van der Waals surface area contributed by atoms with E-state index in [1.165, 1.54) is 0 Å². The number of nitrogens with two attached hydrogens (primary N) is 1. The number of primary amides is 1. The summed E-state index contributed by atoms with van der Waals surface area (Å²) in [6, 6.07) is 5.95. The monoisotopic (exact) mass is 424 g/mol. The minimum atomic E-state index is -0.474. The number of aliphatic hydroxyl groups is 1. The quantitative estimate of drug-likeness (QED) is 0.687. The Kier molecular flexibility index (Phi) is 5.79. The van der Waals surface area contributed by atoms with E-state index in [2.05, 4.69) is 9.88 Å². The first-order valence-electron chi connectivity index (χ1n) is 11.2. The molecule has 0 bridgehead atoms. The van der Waals surface area contributed by atoms with Crippen molar-refractivity contribution in [3.05, 3.63) is 46.8 Å². The van der Waals surface area contributed by atoms with Crippen LogP contribution in [-0.4, -0.2) is 51.1 Å². The highest BCUT2D eigenvalue weighted by Crippen LogP contribution is 2.31. The molecule has 4 rings (SSSR count). The molecule has 1 fully saturated rings. The molecule has 0 radical (unpaired) electrons. The lowest BCUT2D eigenvalue weighted by molar-refractivity contribution is 0.0686. The number of aryl methyl sites for hydroxylation is 1. The molecule has 1 aromatic heterocycles. The summed E-state index contributed by atoms with van der Waals surface area (Å²) in [5.74, 6) is -0.390. The van der Waals surface area contributed by atoms with Crippen molar-refractivity contribution in [2.75, 3.05) is 11.9 Å². The lowest BCUT2D eigenvalue weighted by atomic mass is 9.92. The van der Waals surface area contributed by atoms with E-state index in [0.29, 0.717) is 17.8 Å². The van der Waals surface area contributed by atoms with E-state index in [1.807, 2.05) is 44.0 Å². The summed E-state index contributed by atoms with van der Waals surface area (Å²) in [6.07, 6.45) is 5.75. The van der Waals surface area contributed by atoms with Crippen molar-refractivity contribution >= 4 is 17.5 Å². The third kappa shape index (κ3) is 4.06. The van der Waals surface area contributed by atoms with E-state index >= 15 is 0 Å². The van der Waals surface area contributed by atoms with Crippen molar-refractivity contribution in [2.45, 2.75) is 71.1 Å². The molecule has 0 atom stereocenters. The Morgan fingerprint density at radius 2 is 1.94 bits per heavy atom. The van der Waals surface area contributed by atoms with Gasteiger partial charge in [0, 0.05) is 48.3 Å². The first-order valence-corrected chi connectivity index (χ1v) is 11.2. The number of carbonyl (C=O) groups excluding carboxylic acids is 2. The van der Waals surface area contributed by atoms with Crippen molar-refractivity contribution in [3.63, 3.8) is 0 Å². The second kappa shape index (κ2) is 8.38. The molecule has 0 spiro atoms. The predicted molar refractivity (Wildman–Crippen MR) is 121 cm³/mol. The van der Waals surface area contributed by atoms with Gasteiger partial charge in [0.15, 0.2) is 0 Å². The predicted octanol–water partition coefficient (Wildman–Crippen LogP) is 3.01. The molecule has 166 valence electrons. The molecular formula is C24H32N4O3. The molecule has 31 heavy (non-hydrogen) atoms. The fourth-order valence-electron chi connectivity index (χ4n) is 4.87. The molecule has 0 saturated heterocycles. The largest absolute Gasteiger partial charge is 0.393 e. The SMILES string of the molecule is Cc1cn(-c2ccc(C(N)=O)c(NC3CCC(O)CC3)c2)c2c1C(=O)N(C(C)C)CC2. The zero-order valence-corrected chi connectivity index (χ0v) is 18.5. The van der Waals surface area contributed by atoms with Gasteiger partial charge in [-0.05, 0) is 70.2 Å². The summed E-state index contributed by atoms with van der Waals surface area (Å²) >= 11 is 0. The average Bonchev–Trinajstić information content (AvgIpc) is 3.07. The van der Waals surface area contributed by atoms with Crippen LogP contribution in [0.5, 0.6) is 0 Å². The molecule has 2 amide bonds. The fraction of sp³-hybridized carbons (Fsp3) is 0.500. The molecule has 1 saturated carbocycles. The van der Waals surface area contributed by atoms with E-state index in [9.17, 15) is 14.7 Å². The Hall–Kier alpha value is -2.80. The van der Waals surface area contributed by atoms with Crippen LogP contribution in [0.3, 0.4) is 0 Å². The lowest BCUT2D eigenvalue weighted by Crippen LogP contribution is -2.42. The Morgan fingerprint density at radius 3 is 2.58 bits per heavy atom. The molecule has 7 heteroatoms. The molecule has 1 aromatic carbocycles. The van der Waals surface area contributed by atoms with Crippen LogP contribution < -0.4 is 11.1 Å². The van der Waals surface area contributed by atoms with Gasteiger partial charge in [0.25, 0.3) is 11.8 Å². The van der Waals surface area contributed by atoms with E-state index in [1.54, 1.807) is 6.07 Å². The maximum atomic E-state index is 13.0. The number of hydrogen-bond donors (Lipinski definition) is 3. The molecule has 0 unspecified atom stereocenters. The van der Waals surface area contributed by atoms with Gasteiger partial charge in [-0.25, -0.2) is 0 Å². The lowest BCUT2D eigenvalue weighted by Gasteiger charge is -2.31. The number of aliphatic hydroxyl groups excluding tert-OH is 1. The molecule has 2 heterocycles. The molecule has 2 aliphatic rings. The van der Waals surface area contributed by atoms with E-state index < -0.39 is 5.91 Å². The summed E-state index contributed by atoms with van der Waals surface area (Å²) in [5, 5.41) is 13.3. The van der Waals surface area contributed by atoms with Crippen molar-refractivity contribution < 1.29 is 14.7 Å². The van der Waals surface area contributed by atoms with Gasteiger partial charge in [-0.1, -0.05) is 0 Å². The van der Waals surface area contributed by atoms with E-state index in [4.69, 9.17) is 5.73 Å². The topological polar surface area (TPSA) is 101 Å². The third-order valence-electron chi connectivity index (χ3n) is 6.59. The Bertz CT molecular complexity index is 1000. The number of amides is 2. The highest BCUT2D eigenvalue weighted by atomic mass is 16.3. The summed E-state index contributed by atoms with van der Waals surface area (Å²) in [5.41, 5.74) is 10.4. The van der Waals surface area contributed by atoms with Crippen LogP contribution in [0, 0.1) is 6.92 Å². The van der Waals surface area contributed by atoms with Gasteiger partial charge in [0.2, 0.25) is 0 Å². The Morgan fingerprint density at radius 1 is 1.23 bits per heavy atom. The number of anilines is 1. The van der Waals surface area contributed by atoms with Crippen LogP contribution in [0.4, 0.5) is 5.69 Å². The fourth-order valence-corrected chi connectivity index (χ4v) is 4.87. The second-order valence-corrected chi connectivity index (χ2v) is 9.09. The number of hydrogen-bond acceptors (Lipinski definition) is 4. The maximum absolute atomic E-state index is 13.0. The zero-order chi connectivity index (χ0) is 22.3. The Balaban J connectivity index is 1.70. The van der Waals surface area contributed by atoms with Crippen molar-refractivity contribution in [1.29, 1.82) is 0 Å². The third-order valence-corrected chi connectivity index (χ3v) is 6.59. The van der Waals surface area contributed by atoms with E-state index in [0.717, 1.165) is 54.6 Å². The number of nitrogens with one attached hydrogen (secondary N) is 1. The van der Waals surface area contributed by atoms with Gasteiger partial charge in [0.05, 0.1) is 17.2 Å². The molecule has 1 aliphatic heterocycles. The summed E-state index contributed by atoms with van der Waals surface area (Å²) in [4.78, 5) is 27.0. The smallest absolute Gasteiger partial charge is 0.256 e. The van der Waals surface area contributed by atoms with Crippen LogP contribution in [0.15, 0.2) is 24.4 Å². The van der Waals surface area contributed by atoms with Crippen molar-refractivity contribution in [2.24, 2.45) is 5.73 Å². The highest BCUT2D eigenvalue weighted by Gasteiger charge is 2.31. The second-order valence-electron chi connectivity index (χ2n) is 9.09. The number of benzene rings is 1. The zero-order valence-electron chi connectivity index (χ0n) is 18.5. The van der Waals surface area contributed by atoms with Gasteiger partial charge in [-0.3, -0.25) is 9.59 Å². The van der Waals surface area contributed by atoms with Gasteiger partial charge in [-0.15, -0.1) is 0 Å². The summed E-state index contributed by atoms with van der Waals surface area (Å²) < 4.78 is 2.07. The van der Waals surface area contributed by atoms with E-state index in [-0.39, 0.29) is 24.1 Å². The van der Waals surface area contributed by atoms with Crippen LogP contribution in [0.25, 0.3) is 5.69 Å². The number of nitrogens with zero attached hydrogens (tertiary/aromatic N) is 2. The van der Waals surface area contributed by atoms with Gasteiger partial charge in [-0.2, -0.15) is 0 Å².